The van der Waals surface area contributed by atoms with E-state index in [1.54, 1.807) is 10.2 Å². The van der Waals surface area contributed by atoms with Gasteiger partial charge in [0.15, 0.2) is 6.30 Å². The molecule has 0 heterocycles. The van der Waals surface area contributed by atoms with Crippen LogP contribution >= 0.6 is 22.6 Å². The Hall–Kier alpha value is -0.230. The Balaban J connectivity index is 5.40. The smallest absolute Gasteiger partial charge is 0.173 e. The second kappa shape index (κ2) is 14.7. The average molecular weight is 507 g/mol. The van der Waals surface area contributed by atoms with Crippen molar-refractivity contribution in [2.45, 2.75) is 86.5 Å². The summed E-state index contributed by atoms with van der Waals surface area (Å²) >= 11 is 2.09. The summed E-state index contributed by atoms with van der Waals surface area (Å²) in [4.78, 5) is 6.42. The van der Waals surface area contributed by atoms with E-state index in [1.807, 2.05) is 4.90 Å². The predicted molar refractivity (Wildman–Crippen MR) is 133 cm³/mol. The molecule has 0 aromatic carbocycles. The number of hydrogen-bond donors (Lipinski definition) is 0. The summed E-state index contributed by atoms with van der Waals surface area (Å²) in [6, 6.07) is 0.0503. The number of alkyl halides is 1. The molecule has 0 aliphatic carbocycles. The van der Waals surface area contributed by atoms with Gasteiger partial charge in [-0.05, 0) is 59.3 Å². The van der Waals surface area contributed by atoms with Gasteiger partial charge in [-0.3, -0.25) is 9.89 Å². The molecule has 0 aliphatic heterocycles. The van der Waals surface area contributed by atoms with Gasteiger partial charge in [0.25, 0.3) is 0 Å². The molecular weight excluding hydrogens is 462 g/mol. The third-order valence-corrected chi connectivity index (χ3v) is 5.29. The summed E-state index contributed by atoms with van der Waals surface area (Å²) in [5.74, 6) is 1.32. The molecule has 2 nitrogen and oxygen atoms in total. The van der Waals surface area contributed by atoms with E-state index in [1.165, 1.54) is 0 Å². The minimum Gasteiger partial charge on any atom is -0.296 e. The maximum absolute atomic E-state index is 14.9. The highest BCUT2D eigenvalue weighted by molar-refractivity contribution is 14.1. The van der Waals surface area contributed by atoms with Gasteiger partial charge in [0.05, 0.1) is 6.04 Å². The molecule has 28 heavy (non-hydrogen) atoms. The minimum absolute atomic E-state index is 0.0503. The minimum atomic E-state index is -1.09. The van der Waals surface area contributed by atoms with Crippen molar-refractivity contribution in [1.82, 2.24) is 4.90 Å². The Morgan fingerprint density at radius 1 is 1.14 bits per heavy atom. The van der Waals surface area contributed by atoms with Gasteiger partial charge < -0.3 is 0 Å². The van der Waals surface area contributed by atoms with Gasteiger partial charge in [-0.15, -0.1) is 0 Å². The van der Waals surface area contributed by atoms with Gasteiger partial charge in [0.1, 0.15) is 0 Å². The highest BCUT2D eigenvalue weighted by Crippen LogP contribution is 2.32. The van der Waals surface area contributed by atoms with Gasteiger partial charge in [-0.1, -0.05) is 89.6 Å². The molecule has 0 saturated heterocycles. The maximum Gasteiger partial charge on any atom is 0.173 e. The van der Waals surface area contributed by atoms with Crippen molar-refractivity contribution in [3.05, 3.63) is 22.3 Å². The zero-order valence-corrected chi connectivity index (χ0v) is 21.5. The van der Waals surface area contributed by atoms with Gasteiger partial charge in [0, 0.05) is 13.1 Å². The number of halogens is 2. The molecule has 164 valence electrons. The Bertz CT molecular complexity index is 468. The first-order valence-electron chi connectivity index (χ1n) is 10.8. The van der Waals surface area contributed by atoms with Crippen LogP contribution in [0.5, 0.6) is 0 Å². The number of hydrogen-bond acceptors (Lipinski definition) is 2. The van der Waals surface area contributed by atoms with Gasteiger partial charge in [0.2, 0.25) is 0 Å². The fourth-order valence-corrected chi connectivity index (χ4v) is 4.09. The molecule has 0 bridgehead atoms. The molecule has 0 amide bonds. The Morgan fingerprint density at radius 2 is 1.79 bits per heavy atom. The highest BCUT2D eigenvalue weighted by atomic mass is 127. The molecule has 4 unspecified atom stereocenters. The van der Waals surface area contributed by atoms with Crippen molar-refractivity contribution in [2.75, 3.05) is 13.1 Å². The fraction of sp³-hybridized carbons (Fsp3) is 0.792. The van der Waals surface area contributed by atoms with Crippen LogP contribution < -0.4 is 0 Å². The fourth-order valence-electron chi connectivity index (χ4n) is 3.75. The SMILES string of the molecule is C=NC(CN(CC(C)/C=C\CCC)C(F)/C=C\I)C(CC(C)C)CC(C)(C)C. The lowest BCUT2D eigenvalue weighted by Crippen LogP contribution is -2.42. The summed E-state index contributed by atoms with van der Waals surface area (Å²) in [5, 5.41) is 0. The summed E-state index contributed by atoms with van der Waals surface area (Å²) in [6.45, 7) is 20.9. The van der Waals surface area contributed by atoms with Crippen molar-refractivity contribution in [1.29, 1.82) is 0 Å². The van der Waals surface area contributed by atoms with E-state index in [2.05, 4.69) is 94.9 Å². The Morgan fingerprint density at radius 3 is 2.25 bits per heavy atom. The third-order valence-electron chi connectivity index (χ3n) is 4.87. The van der Waals surface area contributed by atoms with Gasteiger partial charge in [-0.2, -0.15) is 0 Å². The van der Waals surface area contributed by atoms with Gasteiger partial charge in [-0.25, -0.2) is 4.39 Å². The summed E-state index contributed by atoms with van der Waals surface area (Å²) in [6.07, 6.45) is 9.37. The second-order valence-electron chi connectivity index (χ2n) is 9.74. The van der Waals surface area contributed by atoms with Crippen molar-refractivity contribution in [3.63, 3.8) is 0 Å². The lowest BCUT2D eigenvalue weighted by Gasteiger charge is -2.35. The van der Waals surface area contributed by atoms with Gasteiger partial charge >= 0.3 is 0 Å². The number of aliphatic imine (C=N–C) groups is 1. The van der Waals surface area contributed by atoms with Crippen LogP contribution in [0.15, 0.2) is 27.3 Å². The quantitative estimate of drug-likeness (QED) is 0.102. The normalized spacial score (nSPS) is 17.5. The molecule has 0 spiro atoms. The van der Waals surface area contributed by atoms with Crippen LogP contribution in [0.2, 0.25) is 0 Å². The van der Waals surface area contributed by atoms with E-state index in [0.717, 1.165) is 25.7 Å². The van der Waals surface area contributed by atoms with Crippen molar-refractivity contribution >= 4 is 29.3 Å². The number of unbranched alkanes of at least 4 members (excludes halogenated alkanes) is 1. The van der Waals surface area contributed by atoms with E-state index in [0.29, 0.717) is 30.8 Å². The molecule has 0 radical (unpaired) electrons. The Kier molecular flexibility index (Phi) is 14.6. The van der Waals surface area contributed by atoms with Crippen molar-refractivity contribution < 1.29 is 4.39 Å². The zero-order chi connectivity index (χ0) is 21.7. The predicted octanol–water partition coefficient (Wildman–Crippen LogP) is 7.69. The van der Waals surface area contributed by atoms with Crippen molar-refractivity contribution in [2.24, 2.45) is 28.2 Å². The topological polar surface area (TPSA) is 15.6 Å². The molecule has 4 heteroatoms. The van der Waals surface area contributed by atoms with E-state index in [4.69, 9.17) is 0 Å². The molecule has 0 aromatic heterocycles. The molecule has 0 aliphatic rings. The zero-order valence-electron chi connectivity index (χ0n) is 19.3. The van der Waals surface area contributed by atoms with Crippen LogP contribution in [0.3, 0.4) is 0 Å². The summed E-state index contributed by atoms with van der Waals surface area (Å²) in [5.41, 5.74) is 0.223. The van der Waals surface area contributed by atoms with Crippen LogP contribution in [0.1, 0.15) is 74.1 Å². The van der Waals surface area contributed by atoms with E-state index in [-0.39, 0.29) is 11.5 Å². The van der Waals surface area contributed by atoms with Crippen LogP contribution in [0.25, 0.3) is 0 Å². The Labute approximate surface area is 188 Å². The number of rotatable bonds is 14. The summed E-state index contributed by atoms with van der Waals surface area (Å²) in [7, 11) is 0. The molecule has 0 fully saturated rings. The monoisotopic (exact) mass is 506 g/mol. The first-order chi connectivity index (χ1) is 13.0. The molecule has 0 rings (SSSR count). The van der Waals surface area contributed by atoms with Crippen LogP contribution in [-0.2, 0) is 0 Å². The standard InChI is InChI=1S/C24H44FIN2/c1-9-10-11-12-20(4)17-28(23(25)13-14-26)18-22(27-8)21(15-19(2)3)16-24(5,6)7/h11-14,19-23H,8-10,15-18H2,1-7H3/b12-11-,14-13-. The van der Waals surface area contributed by atoms with E-state index in [9.17, 15) is 4.39 Å². The maximum atomic E-state index is 14.9. The number of allylic oxidation sites excluding steroid dienone is 1. The number of nitrogens with zero attached hydrogens (tertiary/aromatic N) is 2. The first kappa shape index (κ1) is 27.8. The molecule has 4 atom stereocenters. The molecular formula is C24H44FIN2. The largest absolute Gasteiger partial charge is 0.296 e. The lowest BCUT2D eigenvalue weighted by atomic mass is 9.77. The molecule has 0 aromatic rings. The van der Waals surface area contributed by atoms with Crippen molar-refractivity contribution in [3.8, 4) is 0 Å². The van der Waals surface area contributed by atoms with Crippen LogP contribution in [0.4, 0.5) is 4.39 Å². The van der Waals surface area contributed by atoms with E-state index >= 15 is 0 Å². The third kappa shape index (κ3) is 13.1. The lowest BCUT2D eigenvalue weighted by molar-refractivity contribution is 0.0887. The van der Waals surface area contributed by atoms with E-state index < -0.39 is 6.30 Å². The van der Waals surface area contributed by atoms with Crippen LogP contribution in [0, 0.1) is 23.2 Å². The molecule has 0 saturated carbocycles. The highest BCUT2D eigenvalue weighted by Gasteiger charge is 2.30. The summed E-state index contributed by atoms with van der Waals surface area (Å²) < 4.78 is 16.7. The first-order valence-corrected chi connectivity index (χ1v) is 12.1. The average Bonchev–Trinajstić information content (AvgIpc) is 2.56. The second-order valence-corrected chi connectivity index (χ2v) is 10.5. The molecule has 0 N–H and O–H groups in total. The van der Waals surface area contributed by atoms with Crippen LogP contribution in [-0.4, -0.2) is 37.0 Å².